The van der Waals surface area contributed by atoms with Crippen molar-refractivity contribution in [3.05, 3.63) is 30.1 Å². The van der Waals surface area contributed by atoms with Crippen molar-refractivity contribution >= 4 is 5.97 Å². The average Bonchev–Trinajstić information content (AvgIpc) is 2.34. The Bertz CT molecular complexity index is 330. The van der Waals surface area contributed by atoms with E-state index in [-0.39, 0.29) is 0 Å². The molecule has 0 saturated carbocycles. The highest BCUT2D eigenvalue weighted by atomic mass is 16.4. The molecule has 5 heteroatoms. The number of nitrogens with two attached hydrogens (primary N) is 1. The number of aromatic nitrogens is 1. The lowest BCUT2D eigenvalue weighted by Crippen LogP contribution is -2.36. The van der Waals surface area contributed by atoms with Gasteiger partial charge in [0, 0.05) is 18.9 Å². The third kappa shape index (κ3) is 5.42. The molecule has 0 bridgehead atoms. The zero-order chi connectivity index (χ0) is 12.5. The zero-order valence-electron chi connectivity index (χ0n) is 9.80. The number of aliphatic carboxylic acids is 1. The Morgan fingerprint density at radius 1 is 1.53 bits per heavy atom. The molecular formula is C12H19N3O2. The summed E-state index contributed by atoms with van der Waals surface area (Å²) in [4.78, 5) is 15.0. The molecule has 5 nitrogen and oxygen atoms in total. The summed E-state index contributed by atoms with van der Waals surface area (Å²) in [5, 5.41) is 12.1. The lowest BCUT2D eigenvalue weighted by atomic mass is 10.1. The topological polar surface area (TPSA) is 88.2 Å². The third-order valence-electron chi connectivity index (χ3n) is 2.52. The second kappa shape index (κ2) is 7.76. The predicted octanol–water partition coefficient (Wildman–Crippen LogP) is 0.753. The number of nitrogens with one attached hydrogen (secondary N) is 1. The maximum atomic E-state index is 11.0. The number of nitrogens with zero attached hydrogens (tertiary/aromatic N) is 1. The maximum Gasteiger partial charge on any atom is 0.320 e. The van der Waals surface area contributed by atoms with E-state index in [9.17, 15) is 4.79 Å². The number of pyridine rings is 1. The number of carboxylic acids is 1. The Kier molecular flexibility index (Phi) is 6.21. The zero-order valence-corrected chi connectivity index (χ0v) is 9.80. The van der Waals surface area contributed by atoms with Gasteiger partial charge in [-0.15, -0.1) is 0 Å². The van der Waals surface area contributed by atoms with Gasteiger partial charge in [0.05, 0.1) is 0 Å². The van der Waals surface area contributed by atoms with Crippen LogP contribution < -0.4 is 11.1 Å². The van der Waals surface area contributed by atoms with Crippen molar-refractivity contribution in [2.45, 2.75) is 31.8 Å². The highest BCUT2D eigenvalue weighted by molar-refractivity contribution is 5.73. The Balaban J connectivity index is 2.36. The van der Waals surface area contributed by atoms with Crippen molar-refractivity contribution in [3.63, 3.8) is 0 Å². The first-order valence-electron chi connectivity index (χ1n) is 5.79. The number of carbonyl (C=O) groups is 1. The van der Waals surface area contributed by atoms with E-state index in [1.807, 2.05) is 12.1 Å². The number of hydrogen-bond donors (Lipinski definition) is 3. The second-order valence-electron chi connectivity index (χ2n) is 3.92. The third-order valence-corrected chi connectivity index (χ3v) is 2.52. The van der Waals surface area contributed by atoms with Crippen molar-refractivity contribution < 1.29 is 9.90 Å². The minimum absolute atomic E-state index is 0.512. The smallest absolute Gasteiger partial charge is 0.320 e. The minimum Gasteiger partial charge on any atom is -0.480 e. The van der Waals surface area contributed by atoms with Crippen molar-refractivity contribution in [3.8, 4) is 0 Å². The van der Waals surface area contributed by atoms with Crippen molar-refractivity contribution in [1.29, 1.82) is 0 Å². The fourth-order valence-electron chi connectivity index (χ4n) is 1.55. The van der Waals surface area contributed by atoms with Crippen LogP contribution in [0.3, 0.4) is 0 Å². The van der Waals surface area contributed by atoms with Crippen LogP contribution in [-0.2, 0) is 11.3 Å². The molecule has 0 aliphatic heterocycles. The van der Waals surface area contributed by atoms with Crippen LogP contribution in [0.2, 0.25) is 0 Å². The highest BCUT2D eigenvalue weighted by Crippen LogP contribution is 2.03. The highest BCUT2D eigenvalue weighted by Gasteiger charge is 2.15. The largest absolute Gasteiger partial charge is 0.480 e. The van der Waals surface area contributed by atoms with Gasteiger partial charge in [0.15, 0.2) is 0 Å². The van der Waals surface area contributed by atoms with Crippen molar-refractivity contribution in [2.75, 3.05) is 6.54 Å². The first kappa shape index (κ1) is 13.6. The van der Waals surface area contributed by atoms with E-state index in [2.05, 4.69) is 10.3 Å². The quantitative estimate of drug-likeness (QED) is 0.581. The van der Waals surface area contributed by atoms with Gasteiger partial charge < -0.3 is 16.2 Å². The average molecular weight is 237 g/mol. The van der Waals surface area contributed by atoms with Gasteiger partial charge in [-0.2, -0.15) is 0 Å². The molecule has 1 heterocycles. The molecule has 1 aromatic heterocycles. The fourth-order valence-corrected chi connectivity index (χ4v) is 1.55. The molecule has 0 amide bonds. The summed E-state index contributed by atoms with van der Waals surface area (Å²) in [6, 6.07) is 3.24. The number of carboxylic acid groups (broad SMARTS) is 1. The van der Waals surface area contributed by atoms with Crippen LogP contribution in [0, 0.1) is 0 Å². The van der Waals surface area contributed by atoms with Crippen LogP contribution in [0.1, 0.15) is 24.8 Å². The molecule has 4 N–H and O–H groups in total. The van der Waals surface area contributed by atoms with Crippen LogP contribution in [0.25, 0.3) is 0 Å². The van der Waals surface area contributed by atoms with Gasteiger partial charge in [0.1, 0.15) is 6.04 Å². The first-order valence-corrected chi connectivity index (χ1v) is 5.79. The molecule has 0 saturated heterocycles. The molecule has 0 radical (unpaired) electrons. The van der Waals surface area contributed by atoms with Gasteiger partial charge in [-0.3, -0.25) is 9.78 Å². The standard InChI is InChI=1S/C12H19N3O2/c13-6-2-1-5-11(12(16)17)15-9-10-4-3-7-14-8-10/h3-4,7-8,11,15H,1-2,5-6,9,13H2,(H,16,17)/t11-/m0/s1. The second-order valence-corrected chi connectivity index (χ2v) is 3.92. The molecule has 1 atom stereocenters. The summed E-state index contributed by atoms with van der Waals surface area (Å²) in [5.41, 5.74) is 6.36. The number of rotatable bonds is 8. The molecule has 1 aromatic rings. The molecule has 0 aromatic carbocycles. The minimum atomic E-state index is -0.814. The molecule has 1 rings (SSSR count). The van der Waals surface area contributed by atoms with Gasteiger partial charge in [0.2, 0.25) is 0 Å². The van der Waals surface area contributed by atoms with Gasteiger partial charge in [0.25, 0.3) is 0 Å². The molecule has 0 fully saturated rings. The van der Waals surface area contributed by atoms with E-state index in [0.717, 1.165) is 18.4 Å². The molecule has 0 aliphatic carbocycles. The maximum absolute atomic E-state index is 11.0. The fraction of sp³-hybridized carbons (Fsp3) is 0.500. The molecular weight excluding hydrogens is 218 g/mol. The lowest BCUT2D eigenvalue weighted by Gasteiger charge is -2.13. The SMILES string of the molecule is NCCCC[C@H](NCc1cccnc1)C(=O)O. The Labute approximate surface area is 101 Å². The lowest BCUT2D eigenvalue weighted by molar-refractivity contribution is -0.139. The van der Waals surface area contributed by atoms with E-state index < -0.39 is 12.0 Å². The molecule has 17 heavy (non-hydrogen) atoms. The summed E-state index contributed by atoms with van der Waals surface area (Å²) in [5.74, 6) is -0.814. The monoisotopic (exact) mass is 237 g/mol. The summed E-state index contributed by atoms with van der Waals surface area (Å²) in [6.07, 6.45) is 5.71. The summed E-state index contributed by atoms with van der Waals surface area (Å²) in [7, 11) is 0. The van der Waals surface area contributed by atoms with E-state index in [1.54, 1.807) is 12.4 Å². The van der Waals surface area contributed by atoms with Gasteiger partial charge >= 0.3 is 5.97 Å². The number of unbranched alkanes of at least 4 members (excludes halogenated alkanes) is 1. The van der Waals surface area contributed by atoms with Gasteiger partial charge in [-0.1, -0.05) is 12.5 Å². The van der Waals surface area contributed by atoms with E-state index in [0.29, 0.717) is 19.5 Å². The molecule has 0 unspecified atom stereocenters. The molecule has 0 aliphatic rings. The summed E-state index contributed by atoms with van der Waals surface area (Å²) in [6.45, 7) is 1.13. The molecule has 94 valence electrons. The molecule has 0 spiro atoms. The van der Waals surface area contributed by atoms with E-state index >= 15 is 0 Å². The van der Waals surface area contributed by atoms with E-state index in [4.69, 9.17) is 10.8 Å². The van der Waals surface area contributed by atoms with Gasteiger partial charge in [-0.05, 0) is 31.0 Å². The van der Waals surface area contributed by atoms with Crippen molar-refractivity contribution in [2.24, 2.45) is 5.73 Å². The van der Waals surface area contributed by atoms with Crippen LogP contribution in [0.5, 0.6) is 0 Å². The van der Waals surface area contributed by atoms with Gasteiger partial charge in [-0.25, -0.2) is 0 Å². The van der Waals surface area contributed by atoms with Crippen LogP contribution in [0.4, 0.5) is 0 Å². The van der Waals surface area contributed by atoms with Crippen LogP contribution in [0.15, 0.2) is 24.5 Å². The Morgan fingerprint density at radius 3 is 2.94 bits per heavy atom. The van der Waals surface area contributed by atoms with E-state index in [1.165, 1.54) is 0 Å². The number of hydrogen-bond acceptors (Lipinski definition) is 4. The first-order chi connectivity index (χ1) is 8.24. The van der Waals surface area contributed by atoms with Crippen molar-refractivity contribution in [1.82, 2.24) is 10.3 Å². The Morgan fingerprint density at radius 2 is 2.35 bits per heavy atom. The summed E-state index contributed by atoms with van der Waals surface area (Å²) >= 11 is 0. The normalized spacial score (nSPS) is 12.3. The summed E-state index contributed by atoms with van der Waals surface area (Å²) < 4.78 is 0. The van der Waals surface area contributed by atoms with Crippen LogP contribution in [-0.4, -0.2) is 28.6 Å². The predicted molar refractivity (Wildman–Crippen MR) is 65.4 cm³/mol. The van der Waals surface area contributed by atoms with Crippen LogP contribution >= 0.6 is 0 Å². The Hall–Kier alpha value is -1.46.